The molecule has 1 aromatic carbocycles. The van der Waals surface area contributed by atoms with E-state index >= 15 is 0 Å². The number of benzene rings is 1. The summed E-state index contributed by atoms with van der Waals surface area (Å²) in [4.78, 5) is 30.7. The fraction of sp³-hybridized carbons (Fsp3) is 0.389. The van der Waals surface area contributed by atoms with Crippen molar-refractivity contribution in [3.63, 3.8) is 0 Å². The van der Waals surface area contributed by atoms with Gasteiger partial charge < -0.3 is 20.4 Å². The highest BCUT2D eigenvalue weighted by Gasteiger charge is 2.18. The van der Waals surface area contributed by atoms with Crippen molar-refractivity contribution < 1.29 is 18.7 Å². The SMILES string of the molecule is CC(NC(=O)CNC(=O)OC(C)(C)C)c1ncc(-c2ccccc2F)[nH]1. The highest BCUT2D eigenvalue weighted by Crippen LogP contribution is 2.21. The summed E-state index contributed by atoms with van der Waals surface area (Å²) in [6.45, 7) is 6.71. The molecule has 0 spiro atoms. The Balaban J connectivity index is 1.90. The summed E-state index contributed by atoms with van der Waals surface area (Å²) < 4.78 is 18.9. The van der Waals surface area contributed by atoms with E-state index < -0.39 is 23.6 Å². The molecule has 1 unspecified atom stereocenters. The van der Waals surface area contributed by atoms with Gasteiger partial charge in [-0.25, -0.2) is 14.2 Å². The molecule has 3 N–H and O–H groups in total. The van der Waals surface area contributed by atoms with E-state index in [1.54, 1.807) is 45.9 Å². The van der Waals surface area contributed by atoms with Crippen LogP contribution in [0, 0.1) is 5.82 Å². The largest absolute Gasteiger partial charge is 0.444 e. The average Bonchev–Trinajstić information content (AvgIpc) is 3.01. The number of hydrogen-bond donors (Lipinski definition) is 3. The van der Waals surface area contributed by atoms with Gasteiger partial charge in [0.1, 0.15) is 23.8 Å². The molecule has 0 fully saturated rings. The maximum atomic E-state index is 13.8. The number of H-pyrrole nitrogens is 1. The number of alkyl carbamates (subject to hydrolysis) is 1. The Bertz CT molecular complexity index is 783. The predicted molar refractivity (Wildman–Crippen MR) is 94.8 cm³/mol. The Labute approximate surface area is 151 Å². The Morgan fingerprint density at radius 2 is 2.00 bits per heavy atom. The van der Waals surface area contributed by atoms with Crippen molar-refractivity contribution in [1.82, 2.24) is 20.6 Å². The summed E-state index contributed by atoms with van der Waals surface area (Å²) >= 11 is 0. The van der Waals surface area contributed by atoms with E-state index in [0.717, 1.165) is 0 Å². The lowest BCUT2D eigenvalue weighted by atomic mass is 10.1. The number of ether oxygens (including phenoxy) is 1. The zero-order valence-corrected chi connectivity index (χ0v) is 15.2. The van der Waals surface area contributed by atoms with E-state index in [1.165, 1.54) is 12.3 Å². The standard InChI is InChI=1S/C18H23FN4O3/c1-11(22-15(24)10-21-17(25)26-18(2,3)4)16-20-9-14(23-16)12-7-5-6-8-13(12)19/h5-9,11H,10H2,1-4H3,(H,20,23)(H,21,25)(H,22,24). The molecule has 2 aromatic rings. The van der Waals surface area contributed by atoms with E-state index in [9.17, 15) is 14.0 Å². The third-order valence-electron chi connectivity index (χ3n) is 3.34. The summed E-state index contributed by atoms with van der Waals surface area (Å²) in [6, 6.07) is 5.90. The second kappa shape index (κ2) is 7.99. The van der Waals surface area contributed by atoms with Crippen LogP contribution in [-0.2, 0) is 9.53 Å². The molecule has 0 saturated heterocycles. The molecule has 0 bridgehead atoms. The number of carbonyl (C=O) groups excluding carboxylic acids is 2. The molecule has 0 saturated carbocycles. The third-order valence-corrected chi connectivity index (χ3v) is 3.34. The van der Waals surface area contributed by atoms with Crippen molar-refractivity contribution in [3.8, 4) is 11.3 Å². The summed E-state index contributed by atoms with van der Waals surface area (Å²) in [6.07, 6.45) is 0.843. The van der Waals surface area contributed by atoms with Gasteiger partial charge in [0.05, 0.1) is 17.9 Å². The summed E-state index contributed by atoms with van der Waals surface area (Å²) in [5.74, 6) is -0.276. The molecule has 0 radical (unpaired) electrons. The van der Waals surface area contributed by atoms with E-state index in [2.05, 4.69) is 20.6 Å². The maximum Gasteiger partial charge on any atom is 0.408 e. The number of nitrogens with one attached hydrogen (secondary N) is 3. The van der Waals surface area contributed by atoms with Crippen LogP contribution >= 0.6 is 0 Å². The Morgan fingerprint density at radius 3 is 2.65 bits per heavy atom. The molecular formula is C18H23FN4O3. The van der Waals surface area contributed by atoms with E-state index in [0.29, 0.717) is 17.1 Å². The van der Waals surface area contributed by atoms with Crippen LogP contribution in [0.15, 0.2) is 30.5 Å². The zero-order valence-electron chi connectivity index (χ0n) is 15.2. The number of amides is 2. The summed E-state index contributed by atoms with van der Waals surface area (Å²) in [7, 11) is 0. The molecule has 140 valence electrons. The first-order chi connectivity index (χ1) is 12.2. The van der Waals surface area contributed by atoms with Gasteiger partial charge in [-0.15, -0.1) is 0 Å². The number of nitrogens with zero attached hydrogens (tertiary/aromatic N) is 1. The minimum Gasteiger partial charge on any atom is -0.444 e. The van der Waals surface area contributed by atoms with Crippen LogP contribution in [0.1, 0.15) is 39.6 Å². The first-order valence-corrected chi connectivity index (χ1v) is 8.22. The quantitative estimate of drug-likeness (QED) is 0.762. The Kier molecular flexibility index (Phi) is 5.97. The highest BCUT2D eigenvalue weighted by molar-refractivity contribution is 5.82. The molecule has 1 heterocycles. The van der Waals surface area contributed by atoms with Crippen molar-refractivity contribution in [2.24, 2.45) is 0 Å². The maximum absolute atomic E-state index is 13.8. The van der Waals surface area contributed by atoms with Gasteiger partial charge in [0.25, 0.3) is 0 Å². The smallest absolute Gasteiger partial charge is 0.408 e. The number of hydrogen-bond acceptors (Lipinski definition) is 4. The van der Waals surface area contributed by atoms with Gasteiger partial charge in [-0.3, -0.25) is 4.79 Å². The lowest BCUT2D eigenvalue weighted by molar-refractivity contribution is -0.121. The molecule has 26 heavy (non-hydrogen) atoms. The zero-order chi connectivity index (χ0) is 19.3. The fourth-order valence-electron chi connectivity index (χ4n) is 2.20. The van der Waals surface area contributed by atoms with Crippen LogP contribution < -0.4 is 10.6 Å². The number of aromatic nitrogens is 2. The van der Waals surface area contributed by atoms with Gasteiger partial charge in [0, 0.05) is 5.56 Å². The van der Waals surface area contributed by atoms with Gasteiger partial charge in [-0.05, 0) is 39.8 Å². The number of aromatic amines is 1. The predicted octanol–water partition coefficient (Wildman–Crippen LogP) is 2.92. The average molecular weight is 362 g/mol. The lowest BCUT2D eigenvalue weighted by Crippen LogP contribution is -2.40. The van der Waals surface area contributed by atoms with Crippen LogP contribution in [0.2, 0.25) is 0 Å². The molecule has 0 aliphatic heterocycles. The van der Waals surface area contributed by atoms with Crippen molar-refractivity contribution in [2.45, 2.75) is 39.3 Å². The van der Waals surface area contributed by atoms with E-state index in [4.69, 9.17) is 4.74 Å². The molecule has 2 rings (SSSR count). The molecule has 0 aliphatic carbocycles. The molecule has 1 aromatic heterocycles. The second-order valence-corrected chi connectivity index (χ2v) is 6.81. The molecular weight excluding hydrogens is 339 g/mol. The summed E-state index contributed by atoms with van der Waals surface area (Å²) in [5, 5.41) is 5.08. The number of halogens is 1. The van der Waals surface area contributed by atoms with Crippen molar-refractivity contribution in [3.05, 3.63) is 42.1 Å². The molecule has 0 aliphatic rings. The van der Waals surface area contributed by atoms with Crippen LogP contribution in [0.25, 0.3) is 11.3 Å². The monoisotopic (exact) mass is 362 g/mol. The van der Waals surface area contributed by atoms with Gasteiger partial charge in [-0.1, -0.05) is 12.1 Å². The first-order valence-electron chi connectivity index (χ1n) is 8.22. The van der Waals surface area contributed by atoms with Crippen LogP contribution in [-0.4, -0.2) is 34.1 Å². The van der Waals surface area contributed by atoms with Crippen molar-refractivity contribution >= 4 is 12.0 Å². The fourth-order valence-corrected chi connectivity index (χ4v) is 2.20. The first kappa shape index (κ1) is 19.4. The van der Waals surface area contributed by atoms with E-state index in [-0.39, 0.29) is 12.4 Å². The number of imidazole rings is 1. The number of carbonyl (C=O) groups is 2. The lowest BCUT2D eigenvalue weighted by Gasteiger charge is -2.19. The van der Waals surface area contributed by atoms with E-state index in [1.807, 2.05) is 0 Å². The Morgan fingerprint density at radius 1 is 1.31 bits per heavy atom. The van der Waals surface area contributed by atoms with Gasteiger partial charge in [0.15, 0.2) is 0 Å². The van der Waals surface area contributed by atoms with Crippen molar-refractivity contribution in [2.75, 3.05) is 6.54 Å². The van der Waals surface area contributed by atoms with Crippen LogP contribution in [0.5, 0.6) is 0 Å². The minimum absolute atomic E-state index is 0.222. The highest BCUT2D eigenvalue weighted by atomic mass is 19.1. The van der Waals surface area contributed by atoms with Crippen molar-refractivity contribution in [1.29, 1.82) is 0 Å². The van der Waals surface area contributed by atoms with Gasteiger partial charge >= 0.3 is 6.09 Å². The molecule has 1 atom stereocenters. The molecule has 2 amide bonds. The van der Waals surface area contributed by atoms with Gasteiger partial charge in [0.2, 0.25) is 5.91 Å². The normalized spacial score (nSPS) is 12.3. The minimum atomic E-state index is -0.667. The third kappa shape index (κ3) is 5.58. The summed E-state index contributed by atoms with van der Waals surface area (Å²) in [5.41, 5.74) is 0.285. The topological polar surface area (TPSA) is 96.1 Å². The van der Waals surface area contributed by atoms with Gasteiger partial charge in [-0.2, -0.15) is 0 Å². The molecule has 7 nitrogen and oxygen atoms in total. The second-order valence-electron chi connectivity index (χ2n) is 6.81. The Hall–Kier alpha value is -2.90. The van der Waals surface area contributed by atoms with Crippen LogP contribution in [0.4, 0.5) is 9.18 Å². The van der Waals surface area contributed by atoms with Crippen LogP contribution in [0.3, 0.4) is 0 Å². The number of rotatable bonds is 5. The molecule has 8 heteroatoms.